The fourth-order valence-electron chi connectivity index (χ4n) is 7.92. The normalized spacial score (nSPS) is 15.0. The molecule has 5 aromatic carbocycles. The van der Waals surface area contributed by atoms with Crippen LogP contribution in [0, 0.1) is 6.92 Å². The van der Waals surface area contributed by atoms with Crippen molar-refractivity contribution >= 4 is 57.2 Å². The maximum atomic E-state index is 6.27. The van der Waals surface area contributed by atoms with E-state index in [1.165, 1.54) is 61.4 Å². The van der Waals surface area contributed by atoms with E-state index < -0.39 is 0 Å². The van der Waals surface area contributed by atoms with Crippen LogP contribution in [0.25, 0.3) is 0 Å². The topological polar surface area (TPSA) is 24.9 Å². The smallest absolute Gasteiger partial charge is 0.252 e. The highest BCUT2D eigenvalue weighted by molar-refractivity contribution is 7.00. The second-order valence-electron chi connectivity index (χ2n) is 17.5. The first-order chi connectivity index (χ1) is 23.6. The van der Waals surface area contributed by atoms with Crippen LogP contribution in [0.15, 0.2) is 91.0 Å². The number of hydrogen-bond donors (Lipinski definition) is 0. The first-order valence-corrected chi connectivity index (χ1v) is 18.1. The highest BCUT2D eigenvalue weighted by Gasteiger charge is 2.44. The van der Waals surface area contributed by atoms with Gasteiger partial charge in [0.05, 0.1) is 0 Å². The molecule has 5 aromatic rings. The summed E-state index contributed by atoms with van der Waals surface area (Å²) >= 11 is 0. The summed E-state index contributed by atoms with van der Waals surface area (Å²) in [6, 6.07) is 34.7. The molecule has 0 N–H and O–H groups in total. The molecule has 0 atom stereocenters. The summed E-state index contributed by atoms with van der Waals surface area (Å²) in [5.74, 6) is 1.63. The molecule has 0 bridgehead atoms. The summed E-state index contributed by atoms with van der Waals surface area (Å²) in [6.07, 6.45) is 0. The lowest BCUT2D eigenvalue weighted by Crippen LogP contribution is -2.61. The second kappa shape index (κ2) is 11.2. The Kier molecular flexibility index (Phi) is 7.28. The van der Waals surface area contributed by atoms with E-state index >= 15 is 0 Å². The van der Waals surface area contributed by atoms with E-state index in [1.54, 1.807) is 0 Å². The summed E-state index contributed by atoms with van der Waals surface area (Å²) in [5, 5.41) is 0. The van der Waals surface area contributed by atoms with Crippen LogP contribution in [-0.4, -0.2) is 19.9 Å². The van der Waals surface area contributed by atoms with E-state index in [-0.39, 0.29) is 23.0 Å². The van der Waals surface area contributed by atoms with Gasteiger partial charge in [0.1, 0.15) is 13.2 Å². The average molecular weight is 661 g/mol. The Morgan fingerprint density at radius 3 is 1.42 bits per heavy atom. The van der Waals surface area contributed by atoms with Crippen molar-refractivity contribution in [2.24, 2.45) is 0 Å². The quantitative estimate of drug-likeness (QED) is 0.173. The molecule has 0 aliphatic carbocycles. The number of hydrogen-bond acceptors (Lipinski definition) is 4. The van der Waals surface area contributed by atoms with E-state index in [9.17, 15) is 0 Å². The molecule has 50 heavy (non-hydrogen) atoms. The minimum absolute atomic E-state index is 0.00423. The van der Waals surface area contributed by atoms with Crippen LogP contribution in [0.3, 0.4) is 0 Å². The fourth-order valence-corrected chi connectivity index (χ4v) is 7.92. The highest BCUT2D eigenvalue weighted by Crippen LogP contribution is 2.47. The van der Waals surface area contributed by atoms with Crippen LogP contribution in [0.1, 0.15) is 84.6 Å². The first kappa shape index (κ1) is 32.6. The van der Waals surface area contributed by atoms with Gasteiger partial charge in [-0.15, -0.1) is 0 Å². The van der Waals surface area contributed by atoms with E-state index in [2.05, 4.69) is 170 Å². The second-order valence-corrected chi connectivity index (χ2v) is 17.5. The van der Waals surface area contributed by atoms with Gasteiger partial charge in [-0.2, -0.15) is 0 Å². The van der Waals surface area contributed by atoms with Crippen LogP contribution in [0.5, 0.6) is 11.5 Å². The third-order valence-corrected chi connectivity index (χ3v) is 10.7. The maximum absolute atomic E-state index is 6.27. The zero-order valence-electron chi connectivity index (χ0n) is 31.4. The third kappa shape index (κ3) is 5.28. The van der Waals surface area contributed by atoms with Gasteiger partial charge in [0.15, 0.2) is 11.5 Å². The van der Waals surface area contributed by atoms with Crippen molar-refractivity contribution in [3.05, 3.63) is 113 Å². The van der Waals surface area contributed by atoms with Gasteiger partial charge in [0, 0.05) is 40.2 Å². The van der Waals surface area contributed by atoms with Crippen LogP contribution >= 0.6 is 0 Å². The molecule has 8 rings (SSSR count). The number of aryl methyl sites for hydroxylation is 1. The van der Waals surface area contributed by atoms with Gasteiger partial charge < -0.3 is 19.3 Å². The van der Waals surface area contributed by atoms with E-state index in [0.717, 1.165) is 22.9 Å². The van der Waals surface area contributed by atoms with Gasteiger partial charge >= 0.3 is 0 Å². The van der Waals surface area contributed by atoms with Crippen molar-refractivity contribution in [3.8, 4) is 11.5 Å². The summed E-state index contributed by atoms with van der Waals surface area (Å²) in [4.78, 5) is 4.96. The van der Waals surface area contributed by atoms with Crippen LogP contribution in [0.4, 0.5) is 34.1 Å². The zero-order chi connectivity index (χ0) is 35.3. The Hall–Kier alpha value is -4.64. The average Bonchev–Trinajstić information content (AvgIpc) is 3.06. The monoisotopic (exact) mass is 660 g/mol. The maximum Gasteiger partial charge on any atom is 0.252 e. The number of rotatable bonds is 2. The van der Waals surface area contributed by atoms with Gasteiger partial charge in [0.2, 0.25) is 0 Å². The third-order valence-electron chi connectivity index (χ3n) is 10.7. The van der Waals surface area contributed by atoms with Gasteiger partial charge in [0.25, 0.3) is 6.71 Å². The van der Waals surface area contributed by atoms with Gasteiger partial charge in [-0.1, -0.05) is 98.7 Å². The Balaban J connectivity index is 1.44. The molecule has 254 valence electrons. The molecular formula is C45H49BN2O2. The van der Waals surface area contributed by atoms with Crippen molar-refractivity contribution in [1.82, 2.24) is 0 Å². The summed E-state index contributed by atoms with van der Waals surface area (Å²) in [7, 11) is 0. The molecule has 0 fully saturated rings. The lowest BCUT2D eigenvalue weighted by molar-refractivity contribution is 0.172. The van der Waals surface area contributed by atoms with Gasteiger partial charge in [-0.05, 0) is 110 Å². The molecule has 4 nitrogen and oxygen atoms in total. The highest BCUT2D eigenvalue weighted by atomic mass is 16.6. The Morgan fingerprint density at radius 2 is 0.920 bits per heavy atom. The molecule has 0 radical (unpaired) electrons. The molecule has 0 spiro atoms. The minimum atomic E-state index is -0.00423. The fraction of sp³-hybridized carbons (Fsp3) is 0.333. The SMILES string of the molecule is Cc1cc2c3c(c1)N(c1ccc(C(C)(C)C)cc1)c1cc4c(cc1B3c1cc(C(C)(C)C)ccc1N2c1ccc(C(C)(C)C)cc1)OCCO4. The zero-order valence-corrected chi connectivity index (χ0v) is 31.4. The Bertz CT molecular complexity index is 2130. The minimum Gasteiger partial charge on any atom is -0.486 e. The number of anilines is 6. The predicted octanol–water partition coefficient (Wildman–Crippen LogP) is 9.74. The largest absolute Gasteiger partial charge is 0.486 e. The standard InChI is InChI=1S/C45H49BN2O2/c1-28-23-38-42-39(24-28)48(33-18-13-30(14-19-33)44(5,6)7)37-27-41-40(49-21-22-50-41)26-35(37)46(42)34-25-31(45(8,9)10)15-20-36(34)47(38)32-16-11-29(12-17-32)43(2,3)4/h11-20,23-27H,21-22H2,1-10H3. The number of nitrogens with zero attached hydrogens (tertiary/aromatic N) is 2. The molecule has 0 amide bonds. The van der Waals surface area contributed by atoms with Crippen molar-refractivity contribution < 1.29 is 9.47 Å². The number of ether oxygens (including phenoxy) is 2. The molecule has 3 aliphatic rings. The van der Waals surface area contributed by atoms with Crippen LogP contribution in [-0.2, 0) is 16.2 Å². The molecule has 0 unspecified atom stereocenters. The predicted molar refractivity (Wildman–Crippen MR) is 212 cm³/mol. The molecule has 0 saturated heterocycles. The molecule has 3 aliphatic heterocycles. The summed E-state index contributed by atoms with van der Waals surface area (Å²) in [5.41, 5.74) is 16.3. The summed E-state index contributed by atoms with van der Waals surface area (Å²) < 4.78 is 12.5. The van der Waals surface area contributed by atoms with Crippen LogP contribution in [0.2, 0.25) is 0 Å². The van der Waals surface area contributed by atoms with Crippen molar-refractivity contribution in [1.29, 1.82) is 0 Å². The van der Waals surface area contributed by atoms with Crippen molar-refractivity contribution in [2.45, 2.75) is 85.5 Å². The molecular weight excluding hydrogens is 611 g/mol. The lowest BCUT2D eigenvalue weighted by Gasteiger charge is -2.45. The van der Waals surface area contributed by atoms with Crippen LogP contribution < -0.4 is 35.7 Å². The van der Waals surface area contributed by atoms with E-state index in [0.29, 0.717) is 13.2 Å². The number of fused-ring (bicyclic) bond motifs is 5. The molecule has 0 aromatic heterocycles. The Morgan fingerprint density at radius 1 is 0.480 bits per heavy atom. The number of benzene rings is 5. The van der Waals surface area contributed by atoms with Crippen molar-refractivity contribution in [3.63, 3.8) is 0 Å². The van der Waals surface area contributed by atoms with E-state index in [1.807, 2.05) is 0 Å². The Labute approximate surface area is 299 Å². The van der Waals surface area contributed by atoms with Crippen molar-refractivity contribution in [2.75, 3.05) is 23.0 Å². The summed E-state index contributed by atoms with van der Waals surface area (Å²) in [6.45, 7) is 23.9. The first-order valence-electron chi connectivity index (χ1n) is 18.1. The molecule has 3 heterocycles. The van der Waals surface area contributed by atoms with Gasteiger partial charge in [-0.3, -0.25) is 0 Å². The van der Waals surface area contributed by atoms with E-state index in [4.69, 9.17) is 9.47 Å². The lowest BCUT2D eigenvalue weighted by atomic mass is 9.33. The molecule has 0 saturated carbocycles. The van der Waals surface area contributed by atoms with Gasteiger partial charge in [-0.25, -0.2) is 0 Å². The molecule has 5 heteroatoms.